The zero-order chi connectivity index (χ0) is 15.8. The molecule has 1 rings (SSSR count). The summed E-state index contributed by atoms with van der Waals surface area (Å²) in [5.74, 6) is -0.693. The molecule has 116 valence electrons. The Bertz CT molecular complexity index is 504. The van der Waals surface area contributed by atoms with Gasteiger partial charge < -0.3 is 15.2 Å². The van der Waals surface area contributed by atoms with Crippen molar-refractivity contribution < 1.29 is 19.6 Å². The summed E-state index contributed by atoms with van der Waals surface area (Å²) in [5, 5.41) is 23.0. The number of aliphatic carboxylic acids is 1. The van der Waals surface area contributed by atoms with E-state index < -0.39 is 17.0 Å². The van der Waals surface area contributed by atoms with Crippen LogP contribution in [0.25, 0.3) is 0 Å². The number of ether oxygens (including phenoxy) is 1. The number of non-ortho nitro benzene ring substituents is 1. The maximum atomic E-state index is 11.0. The van der Waals surface area contributed by atoms with Gasteiger partial charge in [-0.2, -0.15) is 0 Å². The Morgan fingerprint density at radius 3 is 2.71 bits per heavy atom. The van der Waals surface area contributed by atoms with Crippen LogP contribution in [0.2, 0.25) is 0 Å². The Hall–Kier alpha value is -2.15. The van der Waals surface area contributed by atoms with Crippen LogP contribution in [-0.2, 0) is 11.3 Å². The quantitative estimate of drug-likeness (QED) is 0.412. The first-order valence-corrected chi connectivity index (χ1v) is 6.87. The maximum absolute atomic E-state index is 11.0. The second-order valence-corrected chi connectivity index (χ2v) is 4.58. The summed E-state index contributed by atoms with van der Waals surface area (Å²) in [6, 6.07) is 4.17. The summed E-state index contributed by atoms with van der Waals surface area (Å²) >= 11 is 0. The van der Waals surface area contributed by atoms with Gasteiger partial charge in [-0.1, -0.05) is 13.8 Å². The monoisotopic (exact) mass is 296 g/mol. The van der Waals surface area contributed by atoms with Crippen LogP contribution in [0.3, 0.4) is 0 Å². The van der Waals surface area contributed by atoms with Gasteiger partial charge in [-0.3, -0.25) is 10.1 Å². The third kappa shape index (κ3) is 5.03. The normalized spacial score (nSPS) is 11.9. The lowest BCUT2D eigenvalue weighted by Gasteiger charge is -2.16. The summed E-state index contributed by atoms with van der Waals surface area (Å²) in [6.45, 7) is 4.87. The van der Waals surface area contributed by atoms with Crippen LogP contribution in [-0.4, -0.2) is 28.6 Å². The molecule has 0 aliphatic rings. The van der Waals surface area contributed by atoms with Crippen molar-refractivity contribution in [3.05, 3.63) is 33.9 Å². The highest BCUT2D eigenvalue weighted by Crippen LogP contribution is 2.25. The minimum absolute atomic E-state index is 0.0426. The van der Waals surface area contributed by atoms with E-state index >= 15 is 0 Å². The van der Waals surface area contributed by atoms with Crippen LogP contribution in [0, 0.1) is 10.1 Å². The SMILES string of the molecule is CCCNCc1cc([N+](=O)[O-])ccc1OC(CC)C(=O)O. The topological polar surface area (TPSA) is 102 Å². The van der Waals surface area contributed by atoms with Gasteiger partial charge in [0.15, 0.2) is 6.10 Å². The smallest absolute Gasteiger partial charge is 0.344 e. The summed E-state index contributed by atoms with van der Waals surface area (Å²) in [6.07, 6.45) is 0.280. The molecule has 0 spiro atoms. The zero-order valence-corrected chi connectivity index (χ0v) is 12.2. The van der Waals surface area contributed by atoms with E-state index in [0.29, 0.717) is 24.3 Å². The number of carbonyl (C=O) groups is 1. The Balaban J connectivity index is 2.99. The molecule has 0 saturated carbocycles. The maximum Gasteiger partial charge on any atom is 0.344 e. The molecular weight excluding hydrogens is 276 g/mol. The molecule has 0 aromatic heterocycles. The highest BCUT2D eigenvalue weighted by Gasteiger charge is 2.20. The molecule has 1 unspecified atom stereocenters. The average Bonchev–Trinajstić information content (AvgIpc) is 2.45. The van der Waals surface area contributed by atoms with Gasteiger partial charge in [0, 0.05) is 24.2 Å². The van der Waals surface area contributed by atoms with Gasteiger partial charge in [0.2, 0.25) is 0 Å². The van der Waals surface area contributed by atoms with Gasteiger partial charge in [-0.15, -0.1) is 0 Å². The molecule has 0 amide bonds. The van der Waals surface area contributed by atoms with Crippen LogP contribution >= 0.6 is 0 Å². The second-order valence-electron chi connectivity index (χ2n) is 4.58. The molecule has 0 saturated heterocycles. The summed E-state index contributed by atoms with van der Waals surface area (Å²) in [7, 11) is 0. The van der Waals surface area contributed by atoms with E-state index in [4.69, 9.17) is 9.84 Å². The number of hydrogen-bond donors (Lipinski definition) is 2. The average molecular weight is 296 g/mol. The molecule has 0 radical (unpaired) electrons. The van der Waals surface area contributed by atoms with Crippen molar-refractivity contribution >= 4 is 11.7 Å². The number of benzene rings is 1. The van der Waals surface area contributed by atoms with Crippen molar-refractivity contribution in [3.63, 3.8) is 0 Å². The van der Waals surface area contributed by atoms with Crippen molar-refractivity contribution in [2.24, 2.45) is 0 Å². The second kappa shape index (κ2) is 8.21. The molecule has 2 N–H and O–H groups in total. The van der Waals surface area contributed by atoms with Crippen molar-refractivity contribution in [2.45, 2.75) is 39.3 Å². The van der Waals surface area contributed by atoms with Crippen LogP contribution in [0.5, 0.6) is 5.75 Å². The number of nitrogens with zero attached hydrogens (tertiary/aromatic N) is 1. The zero-order valence-electron chi connectivity index (χ0n) is 12.2. The van der Waals surface area contributed by atoms with Gasteiger partial charge in [-0.05, 0) is 25.5 Å². The number of rotatable bonds is 9. The number of carboxylic acids is 1. The van der Waals surface area contributed by atoms with Crippen molar-refractivity contribution in [1.29, 1.82) is 0 Å². The highest BCUT2D eigenvalue weighted by molar-refractivity contribution is 5.72. The third-order valence-corrected chi connectivity index (χ3v) is 2.91. The Morgan fingerprint density at radius 1 is 1.48 bits per heavy atom. The summed E-state index contributed by atoms with van der Waals surface area (Å²) < 4.78 is 5.46. The van der Waals surface area contributed by atoms with E-state index in [-0.39, 0.29) is 5.69 Å². The lowest BCUT2D eigenvalue weighted by atomic mass is 10.1. The molecule has 0 heterocycles. The van der Waals surface area contributed by atoms with E-state index in [1.54, 1.807) is 6.92 Å². The van der Waals surface area contributed by atoms with E-state index in [1.165, 1.54) is 18.2 Å². The molecule has 0 aliphatic heterocycles. The third-order valence-electron chi connectivity index (χ3n) is 2.91. The number of nitro groups is 1. The van der Waals surface area contributed by atoms with Gasteiger partial charge in [0.1, 0.15) is 5.75 Å². The van der Waals surface area contributed by atoms with E-state index in [9.17, 15) is 14.9 Å². The standard InChI is InChI=1S/C14H20N2O5/c1-3-7-15-9-10-8-11(16(19)20)5-6-13(10)21-12(4-2)14(17)18/h5-6,8,12,15H,3-4,7,9H2,1-2H3,(H,17,18). The van der Waals surface area contributed by atoms with Crippen molar-refractivity contribution in [3.8, 4) is 5.75 Å². The molecule has 1 atom stereocenters. The van der Waals surface area contributed by atoms with Gasteiger partial charge in [-0.25, -0.2) is 4.79 Å². The largest absolute Gasteiger partial charge is 0.479 e. The molecular formula is C14H20N2O5. The fourth-order valence-corrected chi connectivity index (χ4v) is 1.79. The first-order chi connectivity index (χ1) is 9.99. The van der Waals surface area contributed by atoms with Gasteiger partial charge in [0.05, 0.1) is 4.92 Å². The number of hydrogen-bond acceptors (Lipinski definition) is 5. The molecule has 0 fully saturated rings. The van der Waals surface area contributed by atoms with E-state index in [0.717, 1.165) is 13.0 Å². The molecule has 7 nitrogen and oxygen atoms in total. The van der Waals surface area contributed by atoms with Gasteiger partial charge in [0.25, 0.3) is 5.69 Å². The van der Waals surface area contributed by atoms with Crippen molar-refractivity contribution in [1.82, 2.24) is 5.32 Å². The number of carboxylic acid groups (broad SMARTS) is 1. The summed E-state index contributed by atoms with van der Waals surface area (Å²) in [4.78, 5) is 21.4. The Kier molecular flexibility index (Phi) is 6.61. The fourth-order valence-electron chi connectivity index (χ4n) is 1.79. The predicted molar refractivity (Wildman–Crippen MR) is 77.4 cm³/mol. The molecule has 0 bridgehead atoms. The first-order valence-electron chi connectivity index (χ1n) is 6.87. The Labute approximate surface area is 123 Å². The lowest BCUT2D eigenvalue weighted by molar-refractivity contribution is -0.384. The molecule has 7 heteroatoms. The minimum Gasteiger partial charge on any atom is -0.479 e. The van der Waals surface area contributed by atoms with Gasteiger partial charge >= 0.3 is 5.97 Å². The van der Waals surface area contributed by atoms with Crippen molar-refractivity contribution in [2.75, 3.05) is 6.54 Å². The lowest BCUT2D eigenvalue weighted by Crippen LogP contribution is -2.27. The molecule has 1 aromatic rings. The minimum atomic E-state index is -1.05. The van der Waals surface area contributed by atoms with Crippen LogP contribution < -0.4 is 10.1 Å². The fraction of sp³-hybridized carbons (Fsp3) is 0.500. The number of nitro benzene ring substituents is 1. The van der Waals surface area contributed by atoms with Crippen LogP contribution in [0.4, 0.5) is 5.69 Å². The van der Waals surface area contributed by atoms with E-state index in [2.05, 4.69) is 5.32 Å². The molecule has 21 heavy (non-hydrogen) atoms. The Morgan fingerprint density at radius 2 is 2.19 bits per heavy atom. The highest BCUT2D eigenvalue weighted by atomic mass is 16.6. The molecule has 1 aromatic carbocycles. The van der Waals surface area contributed by atoms with Crippen LogP contribution in [0.1, 0.15) is 32.3 Å². The summed E-state index contributed by atoms with van der Waals surface area (Å²) in [5.41, 5.74) is 0.538. The first kappa shape index (κ1) is 16.9. The van der Waals surface area contributed by atoms with Crippen LogP contribution in [0.15, 0.2) is 18.2 Å². The van der Waals surface area contributed by atoms with E-state index in [1.807, 2.05) is 6.92 Å². The molecule has 0 aliphatic carbocycles. The predicted octanol–water partition coefficient (Wildman–Crippen LogP) is 2.34. The number of nitrogens with one attached hydrogen (secondary N) is 1.